The maximum atomic E-state index is 4.72. The van der Waals surface area contributed by atoms with E-state index in [2.05, 4.69) is 57.5 Å². The molecule has 1 aliphatic rings. The van der Waals surface area contributed by atoms with Crippen LogP contribution in [0.1, 0.15) is 36.5 Å². The van der Waals surface area contributed by atoms with Gasteiger partial charge in [-0.25, -0.2) is 5.43 Å². The lowest BCUT2D eigenvalue weighted by atomic mass is 10.00. The minimum absolute atomic E-state index is 0.420. The molecule has 160 valence electrons. The lowest BCUT2D eigenvalue weighted by molar-refractivity contribution is 0.434. The second-order valence-electron chi connectivity index (χ2n) is 8.11. The molecule has 0 spiro atoms. The van der Waals surface area contributed by atoms with Crippen LogP contribution in [0.2, 0.25) is 0 Å². The van der Waals surface area contributed by atoms with E-state index in [1.165, 1.54) is 11.1 Å². The number of anilines is 4. The molecule has 0 amide bonds. The van der Waals surface area contributed by atoms with Gasteiger partial charge < -0.3 is 10.2 Å². The number of hydrazone groups is 1. The molecule has 1 fully saturated rings. The van der Waals surface area contributed by atoms with Crippen molar-refractivity contribution >= 4 is 29.7 Å². The van der Waals surface area contributed by atoms with Gasteiger partial charge in [-0.1, -0.05) is 49.4 Å². The van der Waals surface area contributed by atoms with Crippen LogP contribution in [0.15, 0.2) is 53.6 Å². The van der Waals surface area contributed by atoms with Crippen molar-refractivity contribution in [2.24, 2.45) is 11.0 Å². The van der Waals surface area contributed by atoms with Crippen molar-refractivity contribution in [3.05, 3.63) is 65.2 Å². The number of hydrogen-bond donors (Lipinski definition) is 2. The van der Waals surface area contributed by atoms with Crippen LogP contribution < -0.4 is 15.6 Å². The van der Waals surface area contributed by atoms with E-state index < -0.39 is 0 Å². The van der Waals surface area contributed by atoms with Crippen molar-refractivity contribution in [2.75, 3.05) is 28.7 Å². The Balaban J connectivity index is 1.60. The Kier molecular flexibility index (Phi) is 6.40. The van der Waals surface area contributed by atoms with Crippen LogP contribution in [0.3, 0.4) is 0 Å². The van der Waals surface area contributed by atoms with Gasteiger partial charge in [0.05, 0.1) is 6.21 Å². The second kappa shape index (κ2) is 9.55. The molecule has 4 rings (SSSR count). The molecule has 3 aromatic rings. The molecular formula is C24H29N7. The molecule has 2 aromatic carbocycles. The van der Waals surface area contributed by atoms with Gasteiger partial charge in [0.1, 0.15) is 0 Å². The van der Waals surface area contributed by atoms with Crippen LogP contribution in [0.25, 0.3) is 0 Å². The summed E-state index contributed by atoms with van der Waals surface area (Å²) >= 11 is 0. The van der Waals surface area contributed by atoms with Crippen molar-refractivity contribution in [3.63, 3.8) is 0 Å². The SMILES string of the molecule is Cc1cccc(Nc2nc(N/N=C\c3ccccc3)nc(N3CCC(C)CC3)n2)c1C. The fourth-order valence-electron chi connectivity index (χ4n) is 3.53. The highest BCUT2D eigenvalue weighted by Gasteiger charge is 2.20. The van der Waals surface area contributed by atoms with E-state index in [4.69, 9.17) is 4.98 Å². The van der Waals surface area contributed by atoms with Gasteiger partial charge in [-0.2, -0.15) is 20.1 Å². The van der Waals surface area contributed by atoms with Crippen molar-refractivity contribution in [1.82, 2.24) is 15.0 Å². The number of piperidine rings is 1. The Bertz CT molecular complexity index is 1040. The first-order valence-corrected chi connectivity index (χ1v) is 10.8. The van der Waals surface area contributed by atoms with Gasteiger partial charge in [0.15, 0.2) is 0 Å². The standard InChI is InChI=1S/C24H29N7/c1-17-12-14-31(15-13-17)24-28-22(26-21-11-7-8-18(2)19(21)3)27-23(29-24)30-25-16-20-9-5-4-6-10-20/h4-11,16-17H,12-15H2,1-3H3,(H2,26,27,28,29,30)/b25-16-. The van der Waals surface area contributed by atoms with Crippen molar-refractivity contribution < 1.29 is 0 Å². The lowest BCUT2D eigenvalue weighted by Crippen LogP contribution is -2.34. The molecule has 2 heterocycles. The summed E-state index contributed by atoms with van der Waals surface area (Å²) in [5, 5.41) is 7.68. The largest absolute Gasteiger partial charge is 0.341 e. The van der Waals surface area contributed by atoms with E-state index in [1.54, 1.807) is 6.21 Å². The van der Waals surface area contributed by atoms with Gasteiger partial charge in [0, 0.05) is 18.8 Å². The average molecular weight is 416 g/mol. The molecule has 0 atom stereocenters. The number of rotatable bonds is 6. The smallest absolute Gasteiger partial charge is 0.250 e. The third-order valence-corrected chi connectivity index (χ3v) is 5.72. The molecule has 0 unspecified atom stereocenters. The number of nitrogens with zero attached hydrogens (tertiary/aromatic N) is 5. The fourth-order valence-corrected chi connectivity index (χ4v) is 3.53. The van der Waals surface area contributed by atoms with E-state index in [-0.39, 0.29) is 0 Å². The topological polar surface area (TPSA) is 78.3 Å². The molecule has 1 aliphatic heterocycles. The van der Waals surface area contributed by atoms with E-state index >= 15 is 0 Å². The van der Waals surface area contributed by atoms with Crippen LogP contribution in [0.5, 0.6) is 0 Å². The van der Waals surface area contributed by atoms with Crippen molar-refractivity contribution in [3.8, 4) is 0 Å². The number of aromatic nitrogens is 3. The molecule has 0 bridgehead atoms. The molecule has 0 saturated carbocycles. The first-order chi connectivity index (χ1) is 15.1. The third kappa shape index (κ3) is 5.36. The van der Waals surface area contributed by atoms with Crippen LogP contribution in [0.4, 0.5) is 23.5 Å². The number of aryl methyl sites for hydroxylation is 1. The van der Waals surface area contributed by atoms with Gasteiger partial charge >= 0.3 is 0 Å². The fraction of sp³-hybridized carbons (Fsp3) is 0.333. The Morgan fingerprint density at radius 3 is 2.45 bits per heavy atom. The van der Waals surface area contributed by atoms with Crippen LogP contribution >= 0.6 is 0 Å². The molecule has 31 heavy (non-hydrogen) atoms. The Hall–Kier alpha value is -3.48. The molecule has 7 heteroatoms. The monoisotopic (exact) mass is 415 g/mol. The molecule has 0 radical (unpaired) electrons. The molecule has 1 saturated heterocycles. The highest BCUT2D eigenvalue weighted by molar-refractivity contribution is 5.79. The molecule has 2 N–H and O–H groups in total. The summed E-state index contributed by atoms with van der Waals surface area (Å²) in [5.74, 6) is 2.34. The summed E-state index contributed by atoms with van der Waals surface area (Å²) in [6, 6.07) is 16.1. The van der Waals surface area contributed by atoms with Gasteiger partial charge in [-0.3, -0.25) is 0 Å². The summed E-state index contributed by atoms with van der Waals surface area (Å²) < 4.78 is 0. The summed E-state index contributed by atoms with van der Waals surface area (Å²) in [6.45, 7) is 8.37. The number of benzene rings is 2. The van der Waals surface area contributed by atoms with Gasteiger partial charge in [-0.05, 0) is 55.4 Å². The zero-order valence-electron chi connectivity index (χ0n) is 18.3. The summed E-state index contributed by atoms with van der Waals surface area (Å²) in [5.41, 5.74) is 7.36. The third-order valence-electron chi connectivity index (χ3n) is 5.72. The summed E-state index contributed by atoms with van der Waals surface area (Å²) in [4.78, 5) is 16.1. The van der Waals surface area contributed by atoms with Crippen LogP contribution in [0, 0.1) is 19.8 Å². The second-order valence-corrected chi connectivity index (χ2v) is 8.11. The van der Waals surface area contributed by atoms with Crippen molar-refractivity contribution in [1.29, 1.82) is 0 Å². The lowest BCUT2D eigenvalue weighted by Gasteiger charge is -2.30. The van der Waals surface area contributed by atoms with Gasteiger partial charge in [0.2, 0.25) is 17.8 Å². The van der Waals surface area contributed by atoms with E-state index in [1.807, 2.05) is 42.5 Å². The zero-order valence-corrected chi connectivity index (χ0v) is 18.3. The van der Waals surface area contributed by atoms with E-state index in [0.717, 1.165) is 43.1 Å². The maximum absolute atomic E-state index is 4.72. The van der Waals surface area contributed by atoms with Crippen LogP contribution in [-0.4, -0.2) is 34.3 Å². The number of nitrogens with one attached hydrogen (secondary N) is 2. The van der Waals surface area contributed by atoms with Crippen LogP contribution in [-0.2, 0) is 0 Å². The predicted octanol–water partition coefficient (Wildman–Crippen LogP) is 4.91. The molecule has 1 aromatic heterocycles. The minimum Gasteiger partial charge on any atom is -0.341 e. The normalized spacial score (nSPS) is 14.7. The summed E-state index contributed by atoms with van der Waals surface area (Å²) in [6.07, 6.45) is 4.03. The minimum atomic E-state index is 0.420. The van der Waals surface area contributed by atoms with Gasteiger partial charge in [-0.15, -0.1) is 0 Å². The first-order valence-electron chi connectivity index (χ1n) is 10.8. The van der Waals surface area contributed by atoms with E-state index in [0.29, 0.717) is 17.8 Å². The Morgan fingerprint density at radius 2 is 1.68 bits per heavy atom. The zero-order chi connectivity index (χ0) is 21.6. The Labute approximate surface area is 183 Å². The molecule has 0 aliphatic carbocycles. The average Bonchev–Trinajstić information content (AvgIpc) is 2.78. The predicted molar refractivity (Wildman–Crippen MR) is 127 cm³/mol. The number of hydrogen-bond acceptors (Lipinski definition) is 7. The van der Waals surface area contributed by atoms with E-state index in [9.17, 15) is 0 Å². The molecule has 7 nitrogen and oxygen atoms in total. The Morgan fingerprint density at radius 1 is 0.935 bits per heavy atom. The maximum Gasteiger partial charge on any atom is 0.250 e. The summed E-state index contributed by atoms with van der Waals surface area (Å²) in [7, 11) is 0. The van der Waals surface area contributed by atoms with Crippen molar-refractivity contribution in [2.45, 2.75) is 33.6 Å². The molecular weight excluding hydrogens is 386 g/mol. The highest BCUT2D eigenvalue weighted by atomic mass is 15.4. The quantitative estimate of drug-likeness (QED) is 0.440. The highest BCUT2D eigenvalue weighted by Crippen LogP contribution is 2.25. The van der Waals surface area contributed by atoms with Gasteiger partial charge in [0.25, 0.3) is 0 Å². The first kappa shape index (κ1) is 20.8.